The zero-order chi connectivity index (χ0) is 11.4. The topological polar surface area (TPSA) is 41.1 Å². The largest absolute Gasteiger partial charge is 0.356 e. The van der Waals surface area contributed by atoms with E-state index in [9.17, 15) is 4.79 Å². The van der Waals surface area contributed by atoms with E-state index in [1.165, 1.54) is 12.8 Å². The van der Waals surface area contributed by atoms with E-state index in [0.717, 1.165) is 25.9 Å². The summed E-state index contributed by atoms with van der Waals surface area (Å²) in [5.74, 6) is 1.07. The van der Waals surface area contributed by atoms with Crippen LogP contribution < -0.4 is 10.6 Å². The van der Waals surface area contributed by atoms with E-state index >= 15 is 0 Å². The van der Waals surface area contributed by atoms with Crippen molar-refractivity contribution in [3.05, 3.63) is 12.2 Å². The molecule has 0 saturated carbocycles. The fourth-order valence-electron chi connectivity index (χ4n) is 2.63. The number of allylic oxidation sites excluding steroid dienone is 2. The Bertz CT molecular complexity index is 275. The van der Waals surface area contributed by atoms with Crippen molar-refractivity contribution in [2.75, 3.05) is 13.1 Å². The van der Waals surface area contributed by atoms with Crippen molar-refractivity contribution < 1.29 is 4.79 Å². The van der Waals surface area contributed by atoms with Crippen molar-refractivity contribution >= 4 is 5.91 Å². The van der Waals surface area contributed by atoms with Crippen LogP contribution in [0.15, 0.2) is 12.2 Å². The molecule has 1 saturated heterocycles. The molecule has 3 heteroatoms. The van der Waals surface area contributed by atoms with Gasteiger partial charge in [0.25, 0.3) is 0 Å². The summed E-state index contributed by atoms with van der Waals surface area (Å²) in [5.41, 5.74) is 0. The van der Waals surface area contributed by atoms with Gasteiger partial charge < -0.3 is 10.6 Å². The van der Waals surface area contributed by atoms with E-state index < -0.39 is 0 Å². The van der Waals surface area contributed by atoms with Gasteiger partial charge in [0.1, 0.15) is 0 Å². The molecule has 1 amide bonds. The first-order valence-electron chi connectivity index (χ1n) is 6.43. The van der Waals surface area contributed by atoms with Crippen molar-refractivity contribution in [3.8, 4) is 0 Å². The third-order valence-corrected chi connectivity index (χ3v) is 3.80. The van der Waals surface area contributed by atoms with Crippen LogP contribution in [0.2, 0.25) is 0 Å². The average Bonchev–Trinajstić information content (AvgIpc) is 2.74. The number of amides is 1. The van der Waals surface area contributed by atoms with Gasteiger partial charge in [0.2, 0.25) is 5.91 Å². The van der Waals surface area contributed by atoms with Gasteiger partial charge in [-0.15, -0.1) is 0 Å². The van der Waals surface area contributed by atoms with Crippen molar-refractivity contribution in [1.82, 2.24) is 10.6 Å². The summed E-state index contributed by atoms with van der Waals surface area (Å²) in [5, 5.41) is 6.43. The van der Waals surface area contributed by atoms with Crippen molar-refractivity contribution in [2.45, 2.75) is 38.6 Å². The van der Waals surface area contributed by atoms with Crippen LogP contribution in [-0.2, 0) is 4.79 Å². The van der Waals surface area contributed by atoms with Crippen LogP contribution >= 0.6 is 0 Å². The van der Waals surface area contributed by atoms with E-state index in [1.54, 1.807) is 0 Å². The van der Waals surface area contributed by atoms with Gasteiger partial charge in [0.15, 0.2) is 0 Å². The van der Waals surface area contributed by atoms with Gasteiger partial charge in [0.05, 0.1) is 5.92 Å². The maximum Gasteiger partial charge on any atom is 0.224 e. The maximum atomic E-state index is 11.9. The van der Waals surface area contributed by atoms with Gasteiger partial charge in [-0.2, -0.15) is 0 Å². The number of rotatable bonds is 3. The molecule has 2 rings (SSSR count). The summed E-state index contributed by atoms with van der Waals surface area (Å²) in [7, 11) is 0. The minimum atomic E-state index is 0.180. The van der Waals surface area contributed by atoms with Crippen LogP contribution in [-0.4, -0.2) is 25.0 Å². The van der Waals surface area contributed by atoms with Crippen LogP contribution in [0.1, 0.15) is 32.6 Å². The lowest BCUT2D eigenvalue weighted by Gasteiger charge is -2.20. The minimum Gasteiger partial charge on any atom is -0.356 e. The smallest absolute Gasteiger partial charge is 0.224 e. The Kier molecular flexibility index (Phi) is 3.99. The molecule has 1 aliphatic carbocycles. The van der Waals surface area contributed by atoms with Crippen LogP contribution in [0, 0.1) is 11.8 Å². The normalized spacial score (nSPS) is 33.9. The highest BCUT2D eigenvalue weighted by atomic mass is 16.1. The number of nitrogens with one attached hydrogen (secondary N) is 2. The molecule has 3 atom stereocenters. The molecule has 0 spiro atoms. The van der Waals surface area contributed by atoms with E-state index in [0.29, 0.717) is 12.0 Å². The predicted octanol–water partition coefficient (Wildman–Crippen LogP) is 1.46. The molecule has 0 aromatic heterocycles. The molecule has 3 unspecified atom stereocenters. The highest BCUT2D eigenvalue weighted by molar-refractivity contribution is 5.79. The third kappa shape index (κ3) is 2.85. The number of hydrogen-bond acceptors (Lipinski definition) is 2. The third-order valence-electron chi connectivity index (χ3n) is 3.80. The fourth-order valence-corrected chi connectivity index (χ4v) is 2.63. The van der Waals surface area contributed by atoms with Gasteiger partial charge in [0, 0.05) is 12.6 Å². The molecular weight excluding hydrogens is 200 g/mol. The van der Waals surface area contributed by atoms with Gasteiger partial charge in [-0.05, 0) is 45.1 Å². The van der Waals surface area contributed by atoms with Crippen LogP contribution in [0.4, 0.5) is 0 Å². The van der Waals surface area contributed by atoms with E-state index in [4.69, 9.17) is 0 Å². The quantitative estimate of drug-likeness (QED) is 0.710. The zero-order valence-electron chi connectivity index (χ0n) is 10.0. The second-order valence-corrected chi connectivity index (χ2v) is 5.03. The van der Waals surface area contributed by atoms with Crippen LogP contribution in [0.3, 0.4) is 0 Å². The van der Waals surface area contributed by atoms with E-state index in [2.05, 4.69) is 29.7 Å². The van der Waals surface area contributed by atoms with E-state index in [1.807, 2.05) is 0 Å². The molecule has 90 valence electrons. The highest BCUT2D eigenvalue weighted by Crippen LogP contribution is 2.18. The van der Waals surface area contributed by atoms with Crippen molar-refractivity contribution in [2.24, 2.45) is 11.8 Å². The van der Waals surface area contributed by atoms with Crippen molar-refractivity contribution in [3.63, 3.8) is 0 Å². The summed E-state index contributed by atoms with van der Waals surface area (Å²) in [4.78, 5) is 11.9. The zero-order valence-corrected chi connectivity index (χ0v) is 10.0. The average molecular weight is 222 g/mol. The van der Waals surface area contributed by atoms with Gasteiger partial charge in [-0.25, -0.2) is 0 Å². The Morgan fingerprint density at radius 1 is 1.44 bits per heavy atom. The first-order valence-corrected chi connectivity index (χ1v) is 6.43. The molecule has 0 radical (unpaired) electrons. The molecule has 2 N–H and O–H groups in total. The Labute approximate surface area is 97.7 Å². The summed E-state index contributed by atoms with van der Waals surface area (Å²) in [6.45, 7) is 3.93. The molecule has 0 bridgehead atoms. The molecule has 1 aliphatic heterocycles. The predicted molar refractivity (Wildman–Crippen MR) is 65.1 cm³/mol. The molecule has 2 aliphatic rings. The van der Waals surface area contributed by atoms with Gasteiger partial charge in [-0.1, -0.05) is 12.2 Å². The number of carbonyl (C=O) groups excluding carboxylic acids is 1. The first kappa shape index (κ1) is 11.6. The van der Waals surface area contributed by atoms with Gasteiger partial charge >= 0.3 is 0 Å². The molecule has 3 nitrogen and oxygen atoms in total. The first-order chi connectivity index (χ1) is 7.77. The maximum absolute atomic E-state index is 11.9. The fraction of sp³-hybridized carbons (Fsp3) is 0.769. The molecule has 1 heterocycles. The Balaban J connectivity index is 1.72. The standard InChI is InChI=1S/C13H22N2O/c1-10-12(7-8-14-10)13(16)15-9-11-5-3-2-4-6-11/h2-3,10-12,14H,4-9H2,1H3,(H,15,16). The van der Waals surface area contributed by atoms with Crippen LogP contribution in [0.25, 0.3) is 0 Å². The lowest BCUT2D eigenvalue weighted by molar-refractivity contribution is -0.125. The minimum absolute atomic E-state index is 0.180. The molecule has 0 aromatic rings. The Hall–Kier alpha value is -0.830. The summed E-state index contributed by atoms with van der Waals surface area (Å²) in [6, 6.07) is 0.339. The molecule has 0 aromatic carbocycles. The van der Waals surface area contributed by atoms with Crippen molar-refractivity contribution in [1.29, 1.82) is 0 Å². The summed E-state index contributed by atoms with van der Waals surface area (Å²) in [6.07, 6.45) is 8.97. The molecule has 1 fully saturated rings. The Morgan fingerprint density at radius 3 is 2.94 bits per heavy atom. The Morgan fingerprint density at radius 2 is 2.31 bits per heavy atom. The summed E-state index contributed by atoms with van der Waals surface area (Å²) >= 11 is 0. The molecule has 16 heavy (non-hydrogen) atoms. The second-order valence-electron chi connectivity index (χ2n) is 5.03. The van der Waals surface area contributed by atoms with Crippen LogP contribution in [0.5, 0.6) is 0 Å². The lowest BCUT2D eigenvalue weighted by atomic mass is 9.94. The second kappa shape index (κ2) is 5.48. The lowest BCUT2D eigenvalue weighted by Crippen LogP contribution is -2.39. The van der Waals surface area contributed by atoms with E-state index in [-0.39, 0.29) is 11.8 Å². The molecular formula is C13H22N2O. The highest BCUT2D eigenvalue weighted by Gasteiger charge is 2.29. The number of carbonyl (C=O) groups is 1. The number of hydrogen-bond donors (Lipinski definition) is 2. The summed E-state index contributed by atoms with van der Waals surface area (Å²) < 4.78 is 0. The SMILES string of the molecule is CC1NCCC1C(=O)NCC1CC=CCC1. The monoisotopic (exact) mass is 222 g/mol. The van der Waals surface area contributed by atoms with Gasteiger partial charge in [-0.3, -0.25) is 4.79 Å².